The number of amides is 3. The minimum absolute atomic E-state index is 0.281. The highest BCUT2D eigenvalue weighted by Crippen LogP contribution is 2.27. The summed E-state index contributed by atoms with van der Waals surface area (Å²) in [6, 6.07) is 9.44. The van der Waals surface area contributed by atoms with Gasteiger partial charge in [-0.1, -0.05) is 6.07 Å². The minimum atomic E-state index is -0.671. The molecule has 0 aromatic heterocycles. The van der Waals surface area contributed by atoms with Crippen LogP contribution in [0.5, 0.6) is 0 Å². The predicted molar refractivity (Wildman–Crippen MR) is 109 cm³/mol. The number of nitrogens with one attached hydrogen (secondary N) is 2. The molecule has 2 aromatic carbocycles. The number of carbonyl (C=O) groups is 2. The molecule has 0 saturated carbocycles. The van der Waals surface area contributed by atoms with E-state index in [0.717, 1.165) is 0 Å². The second kappa shape index (κ2) is 9.21. The average molecular weight is 417 g/mol. The van der Waals surface area contributed by atoms with Crippen LogP contribution in [0.3, 0.4) is 0 Å². The fourth-order valence-electron chi connectivity index (χ4n) is 3.56. The molecule has 1 heterocycles. The third-order valence-electron chi connectivity index (χ3n) is 5.42. The number of ether oxygens (including phenoxy) is 1. The van der Waals surface area contributed by atoms with Crippen molar-refractivity contribution in [2.75, 3.05) is 32.1 Å². The van der Waals surface area contributed by atoms with Crippen molar-refractivity contribution >= 4 is 17.6 Å². The topological polar surface area (TPSA) is 70.7 Å². The molecule has 3 amide bonds. The smallest absolute Gasteiger partial charge is 0.321 e. The molecule has 1 atom stereocenters. The quantitative estimate of drug-likeness (QED) is 0.753. The molecule has 160 valence electrons. The van der Waals surface area contributed by atoms with Gasteiger partial charge in [-0.15, -0.1) is 0 Å². The molecule has 1 aliphatic rings. The van der Waals surface area contributed by atoms with Gasteiger partial charge in [-0.25, -0.2) is 13.6 Å². The standard InChI is InChI=1S/C22H25F2N3O3/c1-15-18(24)4-3-5-19(15)25-21(29)27-12-10-22(14-27,11-13-30-2)26-20(28)16-6-8-17(23)9-7-16/h3-9H,10-14H2,1-2H3,(H,25,29)(H,26,28). The van der Waals surface area contributed by atoms with Gasteiger partial charge in [-0.3, -0.25) is 4.79 Å². The van der Waals surface area contributed by atoms with E-state index in [1.165, 1.54) is 36.4 Å². The zero-order valence-electron chi connectivity index (χ0n) is 17.0. The summed E-state index contributed by atoms with van der Waals surface area (Å²) in [5.74, 6) is -1.15. The van der Waals surface area contributed by atoms with Gasteiger partial charge in [0.05, 0.1) is 5.54 Å². The number of likely N-dealkylation sites (tertiary alicyclic amines) is 1. The van der Waals surface area contributed by atoms with E-state index in [1.54, 1.807) is 25.0 Å². The molecule has 6 nitrogen and oxygen atoms in total. The molecule has 0 bridgehead atoms. The molecule has 1 saturated heterocycles. The molecule has 1 fully saturated rings. The number of hydrogen-bond acceptors (Lipinski definition) is 3. The number of anilines is 1. The summed E-state index contributed by atoms with van der Waals surface area (Å²) >= 11 is 0. The van der Waals surface area contributed by atoms with E-state index in [2.05, 4.69) is 10.6 Å². The van der Waals surface area contributed by atoms with Crippen molar-refractivity contribution in [1.82, 2.24) is 10.2 Å². The van der Waals surface area contributed by atoms with Crippen molar-refractivity contribution in [2.45, 2.75) is 25.3 Å². The largest absolute Gasteiger partial charge is 0.385 e. The van der Waals surface area contributed by atoms with E-state index < -0.39 is 17.2 Å². The van der Waals surface area contributed by atoms with Crippen molar-refractivity contribution in [1.29, 1.82) is 0 Å². The number of carbonyl (C=O) groups excluding carboxylic acids is 2. The number of benzene rings is 2. The third kappa shape index (κ3) is 4.94. The number of nitrogens with zero attached hydrogens (tertiary/aromatic N) is 1. The Hall–Kier alpha value is -3.00. The first-order valence-corrected chi connectivity index (χ1v) is 9.72. The van der Waals surface area contributed by atoms with E-state index in [-0.39, 0.29) is 18.5 Å². The van der Waals surface area contributed by atoms with Crippen LogP contribution in [0.25, 0.3) is 0 Å². The van der Waals surface area contributed by atoms with Crippen molar-refractivity contribution in [3.8, 4) is 0 Å². The molecule has 8 heteroatoms. The first-order chi connectivity index (χ1) is 14.3. The number of hydrogen-bond donors (Lipinski definition) is 2. The summed E-state index contributed by atoms with van der Waals surface area (Å²) in [6.07, 6.45) is 1.05. The lowest BCUT2D eigenvalue weighted by Crippen LogP contribution is -2.52. The van der Waals surface area contributed by atoms with Crippen LogP contribution in [-0.2, 0) is 4.74 Å². The summed E-state index contributed by atoms with van der Waals surface area (Å²) in [7, 11) is 1.57. The molecule has 0 spiro atoms. The number of rotatable bonds is 6. The van der Waals surface area contributed by atoms with E-state index in [9.17, 15) is 18.4 Å². The van der Waals surface area contributed by atoms with Crippen LogP contribution in [0.2, 0.25) is 0 Å². The molecule has 1 unspecified atom stereocenters. The van der Waals surface area contributed by atoms with Gasteiger partial charge in [0, 0.05) is 43.6 Å². The molecule has 3 rings (SSSR count). The maximum atomic E-state index is 13.7. The van der Waals surface area contributed by atoms with Gasteiger partial charge < -0.3 is 20.3 Å². The fraction of sp³-hybridized carbons (Fsp3) is 0.364. The van der Waals surface area contributed by atoms with Crippen molar-refractivity contribution in [3.63, 3.8) is 0 Å². The highest BCUT2D eigenvalue weighted by molar-refractivity contribution is 5.95. The Balaban J connectivity index is 1.71. The molecule has 1 aliphatic heterocycles. The maximum Gasteiger partial charge on any atom is 0.321 e. The second-order valence-electron chi connectivity index (χ2n) is 7.50. The number of halogens is 2. The first-order valence-electron chi connectivity index (χ1n) is 9.72. The van der Waals surface area contributed by atoms with Gasteiger partial charge >= 0.3 is 6.03 Å². The Kier molecular flexibility index (Phi) is 6.66. The van der Waals surface area contributed by atoms with Crippen LogP contribution in [0.4, 0.5) is 19.3 Å². The van der Waals surface area contributed by atoms with Crippen molar-refractivity contribution in [2.24, 2.45) is 0 Å². The highest BCUT2D eigenvalue weighted by atomic mass is 19.1. The summed E-state index contributed by atoms with van der Waals surface area (Å²) < 4.78 is 32.1. The van der Waals surface area contributed by atoms with E-state index in [4.69, 9.17) is 4.74 Å². The lowest BCUT2D eigenvalue weighted by Gasteiger charge is -2.30. The highest BCUT2D eigenvalue weighted by Gasteiger charge is 2.41. The third-order valence-corrected chi connectivity index (χ3v) is 5.42. The summed E-state index contributed by atoms with van der Waals surface area (Å²) in [4.78, 5) is 27.0. The van der Waals surface area contributed by atoms with Crippen LogP contribution < -0.4 is 10.6 Å². The molecule has 30 heavy (non-hydrogen) atoms. The van der Waals surface area contributed by atoms with Crippen LogP contribution in [0.15, 0.2) is 42.5 Å². The predicted octanol–water partition coefficient (Wildman–Crippen LogP) is 3.72. The Morgan fingerprint density at radius 3 is 2.60 bits per heavy atom. The molecule has 2 N–H and O–H groups in total. The zero-order chi connectivity index (χ0) is 21.7. The monoisotopic (exact) mass is 417 g/mol. The maximum absolute atomic E-state index is 13.7. The SMILES string of the molecule is COCCC1(NC(=O)c2ccc(F)cc2)CCN(C(=O)Nc2cccc(F)c2C)C1. The van der Waals surface area contributed by atoms with Gasteiger partial charge in [0.15, 0.2) is 0 Å². The minimum Gasteiger partial charge on any atom is -0.385 e. The van der Waals surface area contributed by atoms with Gasteiger partial charge in [-0.2, -0.15) is 0 Å². The van der Waals surface area contributed by atoms with Gasteiger partial charge in [-0.05, 0) is 56.2 Å². The summed E-state index contributed by atoms with van der Waals surface area (Å²) in [5.41, 5.74) is 0.437. The zero-order valence-corrected chi connectivity index (χ0v) is 17.0. The van der Waals surface area contributed by atoms with E-state index in [1.807, 2.05) is 0 Å². The van der Waals surface area contributed by atoms with Crippen molar-refractivity contribution in [3.05, 3.63) is 65.2 Å². The number of urea groups is 1. The van der Waals surface area contributed by atoms with Crippen molar-refractivity contribution < 1.29 is 23.1 Å². The van der Waals surface area contributed by atoms with E-state index >= 15 is 0 Å². The lowest BCUT2D eigenvalue weighted by molar-refractivity contribution is 0.0867. The average Bonchev–Trinajstić information content (AvgIpc) is 3.14. The Morgan fingerprint density at radius 1 is 1.17 bits per heavy atom. The molecular weight excluding hydrogens is 392 g/mol. The Morgan fingerprint density at radius 2 is 1.90 bits per heavy atom. The first kappa shape index (κ1) is 21.7. The second-order valence-corrected chi connectivity index (χ2v) is 7.50. The molecule has 2 aromatic rings. The van der Waals surface area contributed by atoms with E-state index in [0.29, 0.717) is 42.8 Å². The van der Waals surface area contributed by atoms with Crippen LogP contribution in [0.1, 0.15) is 28.8 Å². The Labute approximate surface area is 174 Å². The molecule has 0 aliphatic carbocycles. The van der Waals surface area contributed by atoms with Crippen LogP contribution >= 0.6 is 0 Å². The lowest BCUT2D eigenvalue weighted by atomic mass is 9.94. The summed E-state index contributed by atoms with van der Waals surface area (Å²) in [5, 5.41) is 5.75. The normalized spacial score (nSPS) is 18.3. The van der Waals surface area contributed by atoms with Gasteiger partial charge in [0.2, 0.25) is 0 Å². The Bertz CT molecular complexity index is 920. The number of methoxy groups -OCH3 is 1. The van der Waals surface area contributed by atoms with Gasteiger partial charge in [0.25, 0.3) is 5.91 Å². The fourth-order valence-corrected chi connectivity index (χ4v) is 3.56. The van der Waals surface area contributed by atoms with Gasteiger partial charge in [0.1, 0.15) is 11.6 Å². The molecular formula is C22H25F2N3O3. The van der Waals surface area contributed by atoms with Crippen LogP contribution in [-0.4, -0.2) is 49.2 Å². The molecule has 0 radical (unpaired) electrons. The summed E-state index contributed by atoms with van der Waals surface area (Å²) in [6.45, 7) is 2.71. The van der Waals surface area contributed by atoms with Crippen LogP contribution in [0, 0.1) is 18.6 Å².